The van der Waals surface area contributed by atoms with Crippen LogP contribution in [0.15, 0.2) is 0 Å². The molecule has 0 aromatic rings. The molecule has 1 aliphatic rings. The molecule has 1 atom stereocenters. The minimum Gasteiger partial charge on any atom is -0.340 e. The summed E-state index contributed by atoms with van der Waals surface area (Å²) in [6.07, 6.45) is 3.12. The van der Waals surface area contributed by atoms with Crippen molar-refractivity contribution in [2.45, 2.75) is 18.9 Å². The third-order valence-corrected chi connectivity index (χ3v) is 4.37. The molecule has 1 fully saturated rings. The maximum Gasteiger partial charge on any atom is 0.237 e. The van der Waals surface area contributed by atoms with E-state index in [0.717, 1.165) is 23.4 Å². The van der Waals surface area contributed by atoms with E-state index in [9.17, 15) is 13.2 Å². The molecule has 0 radical (unpaired) electrons. The molecule has 0 aromatic carbocycles. The molecule has 0 saturated carbocycles. The van der Waals surface area contributed by atoms with Crippen molar-refractivity contribution in [1.82, 2.24) is 14.5 Å². The zero-order valence-electron chi connectivity index (χ0n) is 11.0. The number of nitrogens with zero attached hydrogens (tertiary/aromatic N) is 2. The molecule has 0 spiro atoms. The van der Waals surface area contributed by atoms with Gasteiger partial charge in [-0.3, -0.25) is 4.79 Å². The lowest BCUT2D eigenvalue weighted by molar-refractivity contribution is -0.132. The average Bonchev–Trinajstić information content (AvgIpc) is 2.27. The zero-order chi connectivity index (χ0) is 13.1. The fourth-order valence-corrected chi connectivity index (χ4v) is 2.19. The molecule has 1 saturated heterocycles. The molecular formula is C10H22ClN3O3S. The number of carbonyl (C=O) groups is 1. The largest absolute Gasteiger partial charge is 0.340 e. The first kappa shape index (κ1) is 17.6. The van der Waals surface area contributed by atoms with E-state index in [0.29, 0.717) is 19.1 Å². The molecule has 108 valence electrons. The predicted octanol–water partition coefficient (Wildman–Crippen LogP) is -0.490. The molecule has 1 rings (SSSR count). The number of likely N-dealkylation sites (tertiary alicyclic amines) is 1. The maximum atomic E-state index is 11.9. The van der Waals surface area contributed by atoms with E-state index in [4.69, 9.17) is 0 Å². The molecule has 8 heteroatoms. The standard InChI is InChI=1S/C10H21N3O3S.ClH/c1-11-9-5-4-6-13(7-9)10(14)8-12(2)17(3,15)16;/h9,11H,4-8H2,1-3H3;1H. The minimum absolute atomic E-state index is 0. The Balaban J connectivity index is 0.00000289. The van der Waals surface area contributed by atoms with Crippen molar-refractivity contribution in [3.63, 3.8) is 0 Å². The molecular weight excluding hydrogens is 278 g/mol. The van der Waals surface area contributed by atoms with Crippen molar-refractivity contribution in [1.29, 1.82) is 0 Å². The summed E-state index contributed by atoms with van der Waals surface area (Å²) < 4.78 is 23.5. The summed E-state index contributed by atoms with van der Waals surface area (Å²) >= 11 is 0. The highest BCUT2D eigenvalue weighted by Crippen LogP contribution is 2.10. The fraction of sp³-hybridized carbons (Fsp3) is 0.900. The minimum atomic E-state index is -3.29. The average molecular weight is 300 g/mol. The van der Waals surface area contributed by atoms with Gasteiger partial charge >= 0.3 is 0 Å². The van der Waals surface area contributed by atoms with Crippen molar-refractivity contribution in [2.75, 3.05) is 40.0 Å². The SMILES string of the molecule is CNC1CCCN(C(=O)CN(C)S(C)(=O)=O)C1.Cl. The van der Waals surface area contributed by atoms with Gasteiger partial charge in [0.1, 0.15) is 0 Å². The highest BCUT2D eigenvalue weighted by atomic mass is 35.5. The van der Waals surface area contributed by atoms with E-state index in [-0.39, 0.29) is 24.9 Å². The van der Waals surface area contributed by atoms with Gasteiger partial charge in [-0.15, -0.1) is 12.4 Å². The number of halogens is 1. The Bertz CT molecular complexity index is 375. The van der Waals surface area contributed by atoms with Gasteiger partial charge in [-0.2, -0.15) is 4.31 Å². The molecule has 1 aliphatic heterocycles. The predicted molar refractivity (Wildman–Crippen MR) is 73.4 cm³/mol. The van der Waals surface area contributed by atoms with Gasteiger partial charge in [0.2, 0.25) is 15.9 Å². The molecule has 0 bridgehead atoms. The number of nitrogens with one attached hydrogen (secondary N) is 1. The van der Waals surface area contributed by atoms with Crippen LogP contribution in [0.1, 0.15) is 12.8 Å². The van der Waals surface area contributed by atoms with Crippen molar-refractivity contribution < 1.29 is 13.2 Å². The summed E-state index contributed by atoms with van der Waals surface area (Å²) in [5, 5.41) is 3.15. The molecule has 1 unspecified atom stereocenters. The van der Waals surface area contributed by atoms with Gasteiger partial charge in [0.25, 0.3) is 0 Å². The van der Waals surface area contributed by atoms with Gasteiger partial charge in [-0.05, 0) is 19.9 Å². The van der Waals surface area contributed by atoms with Crippen molar-refractivity contribution >= 4 is 28.3 Å². The van der Waals surface area contributed by atoms with E-state index in [1.54, 1.807) is 4.90 Å². The van der Waals surface area contributed by atoms with Crippen molar-refractivity contribution in [2.24, 2.45) is 0 Å². The Morgan fingerprint density at radius 3 is 2.61 bits per heavy atom. The number of hydrogen-bond donors (Lipinski definition) is 1. The number of piperidine rings is 1. The molecule has 6 nitrogen and oxygen atoms in total. The Hall–Kier alpha value is -0.370. The van der Waals surface area contributed by atoms with E-state index >= 15 is 0 Å². The summed E-state index contributed by atoms with van der Waals surface area (Å²) in [7, 11) is 0.0142. The van der Waals surface area contributed by atoms with Gasteiger partial charge in [0.15, 0.2) is 0 Å². The number of rotatable bonds is 4. The second kappa shape index (κ2) is 7.28. The third kappa shape index (κ3) is 5.09. The summed E-state index contributed by atoms with van der Waals surface area (Å²) in [4.78, 5) is 13.6. The number of sulfonamides is 1. The Kier molecular flexibility index (Phi) is 7.13. The quantitative estimate of drug-likeness (QED) is 0.760. The Labute approximate surface area is 115 Å². The Morgan fingerprint density at radius 1 is 1.50 bits per heavy atom. The first-order valence-corrected chi connectivity index (χ1v) is 7.55. The highest BCUT2D eigenvalue weighted by molar-refractivity contribution is 7.88. The van der Waals surface area contributed by atoms with E-state index in [1.165, 1.54) is 7.05 Å². The normalized spacial score (nSPS) is 20.7. The molecule has 18 heavy (non-hydrogen) atoms. The van der Waals surface area contributed by atoms with Crippen LogP contribution in [0.4, 0.5) is 0 Å². The van der Waals surface area contributed by atoms with Crippen LogP contribution in [0.2, 0.25) is 0 Å². The number of carbonyl (C=O) groups excluding carboxylic acids is 1. The highest BCUT2D eigenvalue weighted by Gasteiger charge is 2.24. The maximum absolute atomic E-state index is 11.9. The van der Waals surface area contributed by atoms with Crippen LogP contribution in [0.5, 0.6) is 0 Å². The van der Waals surface area contributed by atoms with Gasteiger partial charge in [0, 0.05) is 26.2 Å². The van der Waals surface area contributed by atoms with Gasteiger partial charge in [-0.1, -0.05) is 0 Å². The van der Waals surface area contributed by atoms with Crippen LogP contribution in [-0.2, 0) is 14.8 Å². The number of likely N-dealkylation sites (N-methyl/N-ethyl adjacent to an activating group) is 2. The lowest BCUT2D eigenvalue weighted by Gasteiger charge is -2.33. The van der Waals surface area contributed by atoms with Crippen LogP contribution in [0.25, 0.3) is 0 Å². The second-order valence-electron chi connectivity index (χ2n) is 4.49. The van der Waals surface area contributed by atoms with Crippen LogP contribution < -0.4 is 5.32 Å². The zero-order valence-corrected chi connectivity index (χ0v) is 12.7. The fourth-order valence-electron chi connectivity index (χ4n) is 1.85. The smallest absolute Gasteiger partial charge is 0.237 e. The number of amides is 1. The topological polar surface area (TPSA) is 69.7 Å². The van der Waals surface area contributed by atoms with E-state index < -0.39 is 10.0 Å². The van der Waals surface area contributed by atoms with Crippen molar-refractivity contribution in [3.8, 4) is 0 Å². The first-order chi connectivity index (χ1) is 7.84. The van der Waals surface area contributed by atoms with E-state index in [2.05, 4.69) is 5.32 Å². The summed E-state index contributed by atoms with van der Waals surface area (Å²) in [5.74, 6) is -0.127. The summed E-state index contributed by atoms with van der Waals surface area (Å²) in [6, 6.07) is 0.316. The molecule has 1 heterocycles. The molecule has 0 aliphatic carbocycles. The monoisotopic (exact) mass is 299 g/mol. The third-order valence-electron chi connectivity index (χ3n) is 3.11. The van der Waals surface area contributed by atoms with Crippen LogP contribution >= 0.6 is 12.4 Å². The first-order valence-electron chi connectivity index (χ1n) is 5.71. The second-order valence-corrected chi connectivity index (χ2v) is 6.58. The lowest BCUT2D eigenvalue weighted by Crippen LogP contribution is -2.49. The number of hydrogen-bond acceptors (Lipinski definition) is 4. The van der Waals surface area contributed by atoms with Gasteiger partial charge < -0.3 is 10.2 Å². The summed E-state index contributed by atoms with van der Waals surface area (Å²) in [6.45, 7) is 1.30. The molecule has 0 aromatic heterocycles. The van der Waals surface area contributed by atoms with Gasteiger partial charge in [-0.25, -0.2) is 8.42 Å². The van der Waals surface area contributed by atoms with Gasteiger partial charge in [0.05, 0.1) is 12.8 Å². The Morgan fingerprint density at radius 2 is 2.11 bits per heavy atom. The van der Waals surface area contributed by atoms with Crippen molar-refractivity contribution in [3.05, 3.63) is 0 Å². The van der Waals surface area contributed by atoms with Crippen LogP contribution in [-0.4, -0.2) is 69.6 Å². The van der Waals surface area contributed by atoms with Crippen LogP contribution in [0, 0.1) is 0 Å². The molecule has 1 amide bonds. The summed E-state index contributed by atoms with van der Waals surface area (Å²) in [5.41, 5.74) is 0. The molecule has 1 N–H and O–H groups in total. The van der Waals surface area contributed by atoms with Crippen LogP contribution in [0.3, 0.4) is 0 Å². The van der Waals surface area contributed by atoms with E-state index in [1.807, 2.05) is 7.05 Å². The lowest BCUT2D eigenvalue weighted by atomic mass is 10.1.